The lowest BCUT2D eigenvalue weighted by atomic mass is 10.3. The lowest BCUT2D eigenvalue weighted by molar-refractivity contribution is 0.0730. The fraction of sp³-hybridized carbons (Fsp3) is 0.400. The van der Waals surface area contributed by atoms with Gasteiger partial charge in [0, 0.05) is 13.1 Å². The second-order valence-electron chi connectivity index (χ2n) is 3.82. The average molecular weight is 295 g/mol. The van der Waals surface area contributed by atoms with Crippen LogP contribution in [0.3, 0.4) is 0 Å². The van der Waals surface area contributed by atoms with E-state index in [9.17, 15) is 12.8 Å². The van der Waals surface area contributed by atoms with E-state index in [2.05, 4.69) is 0 Å². The SMILES string of the molecule is Nc1cc(S(=O)(=O)N2CCOCC2)c(Cl)cc1F. The number of rotatable bonds is 2. The van der Waals surface area contributed by atoms with Gasteiger partial charge >= 0.3 is 0 Å². The first-order valence-electron chi connectivity index (χ1n) is 5.25. The number of hydrogen-bond acceptors (Lipinski definition) is 4. The minimum atomic E-state index is -3.76. The fourth-order valence-corrected chi connectivity index (χ4v) is 3.60. The van der Waals surface area contributed by atoms with Crippen molar-refractivity contribution in [3.8, 4) is 0 Å². The van der Waals surface area contributed by atoms with Gasteiger partial charge in [0.2, 0.25) is 10.0 Å². The van der Waals surface area contributed by atoms with Crippen LogP contribution in [0.5, 0.6) is 0 Å². The van der Waals surface area contributed by atoms with E-state index in [-0.39, 0.29) is 28.7 Å². The predicted molar refractivity (Wildman–Crippen MR) is 65.4 cm³/mol. The van der Waals surface area contributed by atoms with Crippen molar-refractivity contribution in [3.63, 3.8) is 0 Å². The van der Waals surface area contributed by atoms with Crippen LogP contribution in [-0.4, -0.2) is 39.0 Å². The molecule has 100 valence electrons. The number of nitrogens with two attached hydrogens (primary N) is 1. The van der Waals surface area contributed by atoms with Crippen molar-refractivity contribution >= 4 is 27.3 Å². The number of ether oxygens (including phenoxy) is 1. The standard InChI is InChI=1S/C10H12ClFN2O3S/c11-7-5-8(12)9(13)6-10(7)18(15,16)14-1-3-17-4-2-14/h5-6H,1-4,13H2. The van der Waals surface area contributed by atoms with E-state index >= 15 is 0 Å². The molecule has 0 radical (unpaired) electrons. The van der Waals surface area contributed by atoms with Crippen molar-refractivity contribution in [2.75, 3.05) is 32.0 Å². The van der Waals surface area contributed by atoms with Crippen LogP contribution in [0.25, 0.3) is 0 Å². The van der Waals surface area contributed by atoms with E-state index < -0.39 is 15.8 Å². The third-order valence-electron chi connectivity index (χ3n) is 2.64. The molecule has 1 saturated heterocycles. The number of anilines is 1. The Balaban J connectivity index is 2.43. The minimum Gasteiger partial charge on any atom is -0.396 e. The van der Waals surface area contributed by atoms with Gasteiger partial charge in [-0.3, -0.25) is 0 Å². The first kappa shape index (κ1) is 13.5. The summed E-state index contributed by atoms with van der Waals surface area (Å²) in [5.74, 6) is -0.735. The van der Waals surface area contributed by atoms with Gasteiger partial charge in [-0.15, -0.1) is 0 Å². The van der Waals surface area contributed by atoms with Crippen molar-refractivity contribution in [2.45, 2.75) is 4.90 Å². The summed E-state index contributed by atoms with van der Waals surface area (Å²) in [7, 11) is -3.76. The molecule has 2 N–H and O–H groups in total. The van der Waals surface area contributed by atoms with Gasteiger partial charge in [0.1, 0.15) is 10.7 Å². The van der Waals surface area contributed by atoms with Crippen LogP contribution >= 0.6 is 11.6 Å². The van der Waals surface area contributed by atoms with E-state index in [0.29, 0.717) is 13.2 Å². The molecule has 1 aliphatic heterocycles. The molecular formula is C10H12ClFN2O3S. The molecule has 0 bridgehead atoms. The van der Waals surface area contributed by atoms with Crippen molar-refractivity contribution in [3.05, 3.63) is 23.0 Å². The Labute approximate surface area is 109 Å². The lowest BCUT2D eigenvalue weighted by Crippen LogP contribution is -2.40. The maximum Gasteiger partial charge on any atom is 0.244 e. The van der Waals surface area contributed by atoms with Gasteiger partial charge < -0.3 is 10.5 Å². The topological polar surface area (TPSA) is 72.6 Å². The Morgan fingerprint density at radius 1 is 1.33 bits per heavy atom. The Morgan fingerprint density at radius 2 is 1.94 bits per heavy atom. The first-order chi connectivity index (χ1) is 8.43. The van der Waals surface area contributed by atoms with Gasteiger partial charge in [-0.2, -0.15) is 4.31 Å². The zero-order valence-electron chi connectivity index (χ0n) is 9.40. The van der Waals surface area contributed by atoms with Gasteiger partial charge in [-0.1, -0.05) is 11.6 Å². The monoisotopic (exact) mass is 294 g/mol. The van der Waals surface area contributed by atoms with Crippen molar-refractivity contribution in [2.24, 2.45) is 0 Å². The normalized spacial score (nSPS) is 17.9. The molecule has 0 saturated carbocycles. The van der Waals surface area contributed by atoms with E-state index in [1.807, 2.05) is 0 Å². The molecule has 5 nitrogen and oxygen atoms in total. The molecular weight excluding hydrogens is 283 g/mol. The average Bonchev–Trinajstić information content (AvgIpc) is 2.34. The summed E-state index contributed by atoms with van der Waals surface area (Å²) in [4.78, 5) is -0.176. The minimum absolute atomic E-state index is 0.173. The summed E-state index contributed by atoms with van der Waals surface area (Å²) < 4.78 is 44.0. The zero-order valence-corrected chi connectivity index (χ0v) is 11.0. The molecule has 0 aliphatic carbocycles. The summed E-state index contributed by atoms with van der Waals surface area (Å²) >= 11 is 5.77. The Morgan fingerprint density at radius 3 is 2.56 bits per heavy atom. The van der Waals surface area contributed by atoms with Gasteiger partial charge in [0.05, 0.1) is 23.9 Å². The third-order valence-corrected chi connectivity index (χ3v) is 5.00. The highest BCUT2D eigenvalue weighted by Crippen LogP contribution is 2.29. The molecule has 0 aromatic heterocycles. The Hall–Kier alpha value is -0.890. The summed E-state index contributed by atoms with van der Waals surface area (Å²) in [6.45, 7) is 1.15. The van der Waals surface area contributed by atoms with Crippen molar-refractivity contribution < 1.29 is 17.5 Å². The van der Waals surface area contributed by atoms with Crippen LogP contribution < -0.4 is 5.73 Å². The number of nitrogen functional groups attached to an aromatic ring is 1. The first-order valence-corrected chi connectivity index (χ1v) is 7.07. The number of benzene rings is 1. The quantitative estimate of drug-likeness (QED) is 0.829. The molecule has 2 rings (SSSR count). The van der Waals surface area contributed by atoms with Crippen LogP contribution in [-0.2, 0) is 14.8 Å². The predicted octanol–water partition coefficient (Wildman–Crippen LogP) is 1.08. The maximum atomic E-state index is 13.2. The van der Waals surface area contributed by atoms with Crippen LogP contribution in [0.15, 0.2) is 17.0 Å². The largest absolute Gasteiger partial charge is 0.396 e. The number of sulfonamides is 1. The van der Waals surface area contributed by atoms with Crippen molar-refractivity contribution in [1.82, 2.24) is 4.31 Å². The smallest absolute Gasteiger partial charge is 0.244 e. The molecule has 0 unspecified atom stereocenters. The third kappa shape index (κ3) is 2.44. The van der Waals surface area contributed by atoms with E-state index in [1.54, 1.807) is 0 Å². The highest BCUT2D eigenvalue weighted by atomic mass is 35.5. The number of nitrogens with zero attached hydrogens (tertiary/aromatic N) is 1. The highest BCUT2D eigenvalue weighted by molar-refractivity contribution is 7.89. The van der Waals surface area contributed by atoms with Gasteiger partial charge in [-0.05, 0) is 12.1 Å². The van der Waals surface area contributed by atoms with Crippen LogP contribution in [0.4, 0.5) is 10.1 Å². The molecule has 0 spiro atoms. The molecule has 1 aliphatic rings. The molecule has 8 heteroatoms. The fourth-order valence-electron chi connectivity index (χ4n) is 1.67. The van der Waals surface area contributed by atoms with Crippen molar-refractivity contribution in [1.29, 1.82) is 0 Å². The number of morpholine rings is 1. The second kappa shape index (κ2) is 5.00. The zero-order chi connectivity index (χ0) is 13.3. The number of halogens is 2. The molecule has 1 aromatic rings. The van der Waals surface area contributed by atoms with Crippen LogP contribution in [0.2, 0.25) is 5.02 Å². The molecule has 0 amide bonds. The summed E-state index contributed by atoms with van der Waals surface area (Å²) in [6, 6.07) is 1.95. The van der Waals surface area contributed by atoms with Gasteiger partial charge in [-0.25, -0.2) is 12.8 Å². The van der Waals surface area contributed by atoms with Gasteiger partial charge in [0.25, 0.3) is 0 Å². The Bertz CT molecular complexity index is 558. The highest BCUT2D eigenvalue weighted by Gasteiger charge is 2.29. The number of hydrogen-bond donors (Lipinski definition) is 1. The molecule has 1 fully saturated rings. The van der Waals surface area contributed by atoms with Crippen LogP contribution in [0, 0.1) is 5.82 Å². The van der Waals surface area contributed by atoms with Gasteiger partial charge in [0.15, 0.2) is 0 Å². The van der Waals surface area contributed by atoms with E-state index in [4.69, 9.17) is 22.1 Å². The summed E-state index contributed by atoms with van der Waals surface area (Å²) in [5, 5.41) is -0.173. The molecule has 18 heavy (non-hydrogen) atoms. The molecule has 1 aromatic carbocycles. The Kier molecular flexibility index (Phi) is 3.76. The maximum absolute atomic E-state index is 13.2. The summed E-state index contributed by atoms with van der Waals surface area (Å²) in [5.41, 5.74) is 5.13. The van der Waals surface area contributed by atoms with E-state index in [0.717, 1.165) is 12.1 Å². The molecule has 1 heterocycles. The molecule has 0 atom stereocenters. The second-order valence-corrected chi connectivity index (χ2v) is 6.13. The van der Waals surface area contributed by atoms with Crippen LogP contribution in [0.1, 0.15) is 0 Å². The lowest BCUT2D eigenvalue weighted by Gasteiger charge is -2.26. The summed E-state index contributed by atoms with van der Waals surface area (Å²) in [6.07, 6.45) is 0. The van der Waals surface area contributed by atoms with E-state index in [1.165, 1.54) is 4.31 Å².